The lowest BCUT2D eigenvalue weighted by molar-refractivity contribution is -0.121. The van der Waals surface area contributed by atoms with Crippen LogP contribution in [0.4, 0.5) is 4.79 Å². The molecule has 0 atom stereocenters. The van der Waals surface area contributed by atoms with Gasteiger partial charge in [-0.3, -0.25) is 15.0 Å². The number of amides is 3. The fraction of sp³-hybridized carbons (Fsp3) is 0.833. The molecule has 0 unspecified atom stereocenters. The standard InChI is InChI=1S/C12H26N4O2/c1-9(2)14-11(18)15-10(17)6-16(5)8-12(3,4)7-13/h9H,6-8,13H2,1-5H3,(H2,14,15,17,18). The van der Waals surface area contributed by atoms with E-state index in [1.165, 1.54) is 0 Å². The minimum atomic E-state index is -0.457. The quantitative estimate of drug-likeness (QED) is 0.632. The van der Waals surface area contributed by atoms with Crippen molar-refractivity contribution < 1.29 is 9.59 Å². The van der Waals surface area contributed by atoms with Crippen LogP contribution in [0.3, 0.4) is 0 Å². The molecule has 4 N–H and O–H groups in total. The predicted octanol–water partition coefficient (Wildman–Crippen LogP) is 0.137. The highest BCUT2D eigenvalue weighted by Crippen LogP contribution is 2.13. The molecule has 0 aliphatic rings. The van der Waals surface area contributed by atoms with Crippen LogP contribution in [-0.4, -0.2) is 49.6 Å². The number of urea groups is 1. The first-order valence-electron chi connectivity index (χ1n) is 6.15. The number of nitrogens with one attached hydrogen (secondary N) is 2. The summed E-state index contributed by atoms with van der Waals surface area (Å²) in [4.78, 5) is 24.7. The lowest BCUT2D eigenvalue weighted by Gasteiger charge is -2.28. The maximum absolute atomic E-state index is 11.6. The van der Waals surface area contributed by atoms with Crippen molar-refractivity contribution in [2.24, 2.45) is 11.1 Å². The van der Waals surface area contributed by atoms with Gasteiger partial charge in [-0.1, -0.05) is 13.8 Å². The number of nitrogens with two attached hydrogens (primary N) is 1. The molecule has 0 spiro atoms. The maximum atomic E-state index is 11.6. The third-order valence-corrected chi connectivity index (χ3v) is 2.34. The number of imide groups is 1. The smallest absolute Gasteiger partial charge is 0.321 e. The number of likely N-dealkylation sites (N-methyl/N-ethyl adjacent to an activating group) is 1. The van der Waals surface area contributed by atoms with Crippen LogP contribution >= 0.6 is 0 Å². The summed E-state index contributed by atoms with van der Waals surface area (Å²) in [6.45, 7) is 9.16. The summed E-state index contributed by atoms with van der Waals surface area (Å²) >= 11 is 0. The monoisotopic (exact) mass is 258 g/mol. The zero-order valence-corrected chi connectivity index (χ0v) is 12.0. The SMILES string of the molecule is CC(C)NC(=O)NC(=O)CN(C)CC(C)(C)CN. The van der Waals surface area contributed by atoms with Crippen molar-refractivity contribution in [2.45, 2.75) is 33.7 Å². The Bertz CT molecular complexity index is 290. The van der Waals surface area contributed by atoms with Gasteiger partial charge in [0.25, 0.3) is 0 Å². The fourth-order valence-electron chi connectivity index (χ4n) is 1.56. The predicted molar refractivity (Wildman–Crippen MR) is 72.1 cm³/mol. The van der Waals surface area contributed by atoms with Crippen LogP contribution in [0, 0.1) is 5.41 Å². The van der Waals surface area contributed by atoms with Gasteiger partial charge in [-0.25, -0.2) is 4.79 Å². The molecule has 18 heavy (non-hydrogen) atoms. The minimum Gasteiger partial charge on any atom is -0.336 e. The Morgan fingerprint density at radius 3 is 2.33 bits per heavy atom. The van der Waals surface area contributed by atoms with Crippen molar-refractivity contribution in [1.29, 1.82) is 0 Å². The van der Waals surface area contributed by atoms with Crippen LogP contribution in [0.1, 0.15) is 27.7 Å². The van der Waals surface area contributed by atoms with Gasteiger partial charge in [-0.15, -0.1) is 0 Å². The summed E-state index contributed by atoms with van der Waals surface area (Å²) < 4.78 is 0. The summed E-state index contributed by atoms with van der Waals surface area (Å²) in [7, 11) is 1.83. The van der Waals surface area contributed by atoms with Crippen LogP contribution < -0.4 is 16.4 Å². The second kappa shape index (κ2) is 7.33. The molecule has 6 nitrogen and oxygen atoms in total. The normalized spacial score (nSPS) is 11.8. The molecule has 0 aromatic carbocycles. The van der Waals surface area contributed by atoms with Gasteiger partial charge in [0.15, 0.2) is 0 Å². The van der Waals surface area contributed by atoms with Gasteiger partial charge in [-0.05, 0) is 32.9 Å². The largest absolute Gasteiger partial charge is 0.336 e. The highest BCUT2D eigenvalue weighted by Gasteiger charge is 2.20. The van der Waals surface area contributed by atoms with E-state index >= 15 is 0 Å². The molecule has 0 aliphatic carbocycles. The van der Waals surface area contributed by atoms with E-state index in [0.29, 0.717) is 13.1 Å². The molecule has 3 amide bonds. The lowest BCUT2D eigenvalue weighted by Crippen LogP contribution is -2.47. The topological polar surface area (TPSA) is 87.5 Å². The van der Waals surface area contributed by atoms with Crippen LogP contribution in [0.2, 0.25) is 0 Å². The average molecular weight is 258 g/mol. The van der Waals surface area contributed by atoms with Gasteiger partial charge >= 0.3 is 6.03 Å². The van der Waals surface area contributed by atoms with E-state index in [9.17, 15) is 9.59 Å². The average Bonchev–Trinajstić information content (AvgIpc) is 2.14. The van der Waals surface area contributed by atoms with Gasteiger partial charge in [-0.2, -0.15) is 0 Å². The van der Waals surface area contributed by atoms with E-state index in [0.717, 1.165) is 0 Å². The van der Waals surface area contributed by atoms with Crippen molar-refractivity contribution in [3.05, 3.63) is 0 Å². The van der Waals surface area contributed by atoms with Crippen LogP contribution in [-0.2, 0) is 4.79 Å². The fourth-order valence-corrected chi connectivity index (χ4v) is 1.56. The lowest BCUT2D eigenvalue weighted by atomic mass is 9.93. The Balaban J connectivity index is 4.05. The zero-order valence-electron chi connectivity index (χ0n) is 12.0. The van der Waals surface area contributed by atoms with E-state index in [4.69, 9.17) is 5.73 Å². The molecule has 0 aliphatic heterocycles. The Hall–Kier alpha value is -1.14. The van der Waals surface area contributed by atoms with Gasteiger partial charge in [0.2, 0.25) is 5.91 Å². The number of nitrogens with zero attached hydrogens (tertiary/aromatic N) is 1. The highest BCUT2D eigenvalue weighted by molar-refractivity contribution is 5.95. The van der Waals surface area contributed by atoms with Crippen molar-refractivity contribution in [2.75, 3.05) is 26.7 Å². The number of carbonyl (C=O) groups is 2. The van der Waals surface area contributed by atoms with Crippen molar-refractivity contribution >= 4 is 11.9 Å². The molecule has 0 aromatic rings. The Labute approximate surface area is 109 Å². The summed E-state index contributed by atoms with van der Waals surface area (Å²) in [5, 5.41) is 4.88. The van der Waals surface area contributed by atoms with Gasteiger partial charge in [0.1, 0.15) is 0 Å². The molecular weight excluding hydrogens is 232 g/mol. The van der Waals surface area contributed by atoms with Gasteiger partial charge < -0.3 is 11.1 Å². The summed E-state index contributed by atoms with van der Waals surface area (Å²) in [6, 6.07) is -0.451. The van der Waals surface area contributed by atoms with E-state index in [1.54, 1.807) is 0 Å². The minimum absolute atomic E-state index is 0.00621. The number of carbonyl (C=O) groups excluding carboxylic acids is 2. The molecule has 6 heteroatoms. The molecule has 0 heterocycles. The molecule has 0 saturated carbocycles. The van der Waals surface area contributed by atoms with Gasteiger partial charge in [0, 0.05) is 12.6 Å². The summed E-state index contributed by atoms with van der Waals surface area (Å²) in [6.07, 6.45) is 0. The number of hydrogen-bond acceptors (Lipinski definition) is 4. The third kappa shape index (κ3) is 8.03. The van der Waals surface area contributed by atoms with E-state index in [1.807, 2.05) is 39.6 Å². The van der Waals surface area contributed by atoms with Crippen molar-refractivity contribution in [1.82, 2.24) is 15.5 Å². The van der Waals surface area contributed by atoms with E-state index in [-0.39, 0.29) is 23.9 Å². The molecule has 0 fully saturated rings. The Morgan fingerprint density at radius 1 is 1.33 bits per heavy atom. The van der Waals surface area contributed by atoms with Gasteiger partial charge in [0.05, 0.1) is 6.54 Å². The first-order valence-corrected chi connectivity index (χ1v) is 6.15. The number of rotatable bonds is 6. The highest BCUT2D eigenvalue weighted by atomic mass is 16.2. The van der Waals surface area contributed by atoms with E-state index < -0.39 is 6.03 Å². The molecule has 0 aromatic heterocycles. The van der Waals surface area contributed by atoms with Crippen molar-refractivity contribution in [3.8, 4) is 0 Å². The number of hydrogen-bond donors (Lipinski definition) is 3. The van der Waals surface area contributed by atoms with Crippen molar-refractivity contribution in [3.63, 3.8) is 0 Å². The maximum Gasteiger partial charge on any atom is 0.321 e. The Kier molecular flexibility index (Phi) is 6.86. The van der Waals surface area contributed by atoms with Crippen LogP contribution in [0.15, 0.2) is 0 Å². The molecule has 0 radical (unpaired) electrons. The summed E-state index contributed by atoms with van der Waals surface area (Å²) in [5.41, 5.74) is 5.58. The molecule has 106 valence electrons. The Morgan fingerprint density at radius 2 is 1.89 bits per heavy atom. The molecule has 0 rings (SSSR count). The molecule has 0 bridgehead atoms. The third-order valence-electron chi connectivity index (χ3n) is 2.34. The summed E-state index contributed by atoms with van der Waals surface area (Å²) in [5.74, 6) is -0.316. The van der Waals surface area contributed by atoms with Crippen LogP contribution in [0.5, 0.6) is 0 Å². The second-order valence-corrected chi connectivity index (χ2v) is 5.72. The first-order chi connectivity index (χ1) is 8.16. The molecule has 0 saturated heterocycles. The zero-order chi connectivity index (χ0) is 14.3. The second-order valence-electron chi connectivity index (χ2n) is 5.72. The van der Waals surface area contributed by atoms with E-state index in [2.05, 4.69) is 10.6 Å². The first kappa shape index (κ1) is 16.9. The molecular formula is C12H26N4O2. The van der Waals surface area contributed by atoms with Crippen LogP contribution in [0.25, 0.3) is 0 Å².